The molecule has 5 heteroatoms. The molecule has 1 aliphatic rings. The molecular formula is C15H23ClF2N2. The maximum atomic E-state index is 12.5. The van der Waals surface area contributed by atoms with E-state index in [2.05, 4.69) is 10.2 Å². The monoisotopic (exact) mass is 304 g/mol. The molecule has 0 unspecified atom stereocenters. The molecule has 0 spiro atoms. The van der Waals surface area contributed by atoms with Crippen LogP contribution in [-0.4, -0.2) is 31.6 Å². The molecule has 0 aromatic heterocycles. The van der Waals surface area contributed by atoms with Crippen molar-refractivity contribution in [3.63, 3.8) is 0 Å². The van der Waals surface area contributed by atoms with Crippen molar-refractivity contribution in [3.8, 4) is 0 Å². The van der Waals surface area contributed by atoms with Gasteiger partial charge < -0.3 is 5.32 Å². The number of nitrogens with one attached hydrogen (secondary N) is 1. The van der Waals surface area contributed by atoms with Crippen LogP contribution < -0.4 is 5.32 Å². The molecule has 1 heterocycles. The third-order valence-corrected chi connectivity index (χ3v) is 3.84. The van der Waals surface area contributed by atoms with E-state index >= 15 is 0 Å². The van der Waals surface area contributed by atoms with E-state index in [4.69, 9.17) is 0 Å². The van der Waals surface area contributed by atoms with Gasteiger partial charge in [-0.2, -0.15) is 0 Å². The molecule has 0 saturated carbocycles. The summed E-state index contributed by atoms with van der Waals surface area (Å²) in [6.45, 7) is 4.17. The SMILES string of the molecule is CNCC1CCN(Cc2ccc(C(F)F)cc2)CC1.Cl. The number of rotatable bonds is 5. The number of piperidine rings is 1. The summed E-state index contributed by atoms with van der Waals surface area (Å²) in [6.07, 6.45) is 0.0673. The third kappa shape index (κ3) is 5.00. The van der Waals surface area contributed by atoms with Crippen molar-refractivity contribution in [2.75, 3.05) is 26.7 Å². The van der Waals surface area contributed by atoms with E-state index in [1.807, 2.05) is 19.2 Å². The van der Waals surface area contributed by atoms with Gasteiger partial charge in [-0.05, 0) is 51.0 Å². The maximum Gasteiger partial charge on any atom is 0.263 e. The molecule has 114 valence electrons. The highest BCUT2D eigenvalue weighted by Gasteiger charge is 2.18. The van der Waals surface area contributed by atoms with Crippen molar-refractivity contribution in [1.82, 2.24) is 10.2 Å². The second kappa shape index (κ2) is 8.55. The van der Waals surface area contributed by atoms with E-state index in [0.29, 0.717) is 0 Å². The van der Waals surface area contributed by atoms with E-state index in [9.17, 15) is 8.78 Å². The van der Waals surface area contributed by atoms with Gasteiger partial charge in [0.2, 0.25) is 0 Å². The zero-order chi connectivity index (χ0) is 13.7. The second-order valence-electron chi connectivity index (χ2n) is 5.32. The zero-order valence-electron chi connectivity index (χ0n) is 11.8. The molecule has 1 aromatic rings. The number of hydrogen-bond acceptors (Lipinski definition) is 2. The Hall–Kier alpha value is -0.710. The predicted octanol–water partition coefficient (Wildman–Crippen LogP) is 3.48. The Morgan fingerprint density at radius 1 is 1.20 bits per heavy atom. The molecule has 0 amide bonds. The molecule has 20 heavy (non-hydrogen) atoms. The van der Waals surface area contributed by atoms with E-state index in [-0.39, 0.29) is 18.0 Å². The fourth-order valence-corrected chi connectivity index (χ4v) is 2.66. The summed E-state index contributed by atoms with van der Waals surface area (Å²) in [6, 6.07) is 6.71. The first-order chi connectivity index (χ1) is 9.19. The van der Waals surface area contributed by atoms with Gasteiger partial charge in [0.05, 0.1) is 0 Å². The van der Waals surface area contributed by atoms with E-state index < -0.39 is 6.43 Å². The van der Waals surface area contributed by atoms with Gasteiger partial charge in [0.15, 0.2) is 0 Å². The molecule has 1 aromatic carbocycles. The van der Waals surface area contributed by atoms with Crippen LogP contribution in [0.5, 0.6) is 0 Å². The van der Waals surface area contributed by atoms with Crippen molar-refractivity contribution in [3.05, 3.63) is 35.4 Å². The number of hydrogen-bond donors (Lipinski definition) is 1. The Morgan fingerprint density at radius 3 is 2.30 bits per heavy atom. The van der Waals surface area contributed by atoms with Crippen LogP contribution >= 0.6 is 12.4 Å². The number of halogens is 3. The summed E-state index contributed by atoms with van der Waals surface area (Å²) < 4.78 is 24.9. The fraction of sp³-hybridized carbons (Fsp3) is 0.600. The minimum Gasteiger partial charge on any atom is -0.319 e. The van der Waals surface area contributed by atoms with E-state index in [1.165, 1.54) is 25.0 Å². The molecule has 0 atom stereocenters. The standard InChI is InChI=1S/C15H22F2N2.ClH/c1-18-10-12-6-8-19(9-7-12)11-13-2-4-14(5-3-13)15(16)17;/h2-5,12,15,18H,6-11H2,1H3;1H. The van der Waals surface area contributed by atoms with Gasteiger partial charge >= 0.3 is 0 Å². The average Bonchev–Trinajstić information content (AvgIpc) is 2.42. The smallest absolute Gasteiger partial charge is 0.263 e. The lowest BCUT2D eigenvalue weighted by Crippen LogP contribution is -2.36. The van der Waals surface area contributed by atoms with Crippen molar-refractivity contribution in [2.45, 2.75) is 25.8 Å². The zero-order valence-corrected chi connectivity index (χ0v) is 12.6. The Balaban J connectivity index is 0.00000200. The molecular weight excluding hydrogens is 282 g/mol. The molecule has 2 rings (SSSR count). The Labute approximate surface area is 126 Å². The van der Waals surface area contributed by atoms with Gasteiger partial charge in [-0.1, -0.05) is 24.3 Å². The Bertz CT molecular complexity index is 376. The van der Waals surface area contributed by atoms with Crippen LogP contribution in [0.3, 0.4) is 0 Å². The van der Waals surface area contributed by atoms with Gasteiger partial charge in [0.25, 0.3) is 6.43 Å². The summed E-state index contributed by atoms with van der Waals surface area (Å²) in [7, 11) is 2.00. The average molecular weight is 305 g/mol. The highest BCUT2D eigenvalue weighted by molar-refractivity contribution is 5.85. The first kappa shape index (κ1) is 17.3. The summed E-state index contributed by atoms with van der Waals surface area (Å²) in [5, 5.41) is 3.23. The van der Waals surface area contributed by atoms with Gasteiger partial charge in [-0.15, -0.1) is 12.4 Å². The Kier molecular flexibility index (Phi) is 7.41. The van der Waals surface area contributed by atoms with Crippen molar-refractivity contribution >= 4 is 12.4 Å². The van der Waals surface area contributed by atoms with Crippen LogP contribution in [0.4, 0.5) is 8.78 Å². The summed E-state index contributed by atoms with van der Waals surface area (Å²) >= 11 is 0. The van der Waals surface area contributed by atoms with E-state index in [1.54, 1.807) is 0 Å². The van der Waals surface area contributed by atoms with E-state index in [0.717, 1.165) is 37.7 Å². The molecule has 0 radical (unpaired) electrons. The molecule has 0 bridgehead atoms. The minimum atomic E-state index is -2.37. The normalized spacial score (nSPS) is 17.2. The van der Waals surface area contributed by atoms with Gasteiger partial charge in [0, 0.05) is 12.1 Å². The molecule has 0 aliphatic carbocycles. The fourth-order valence-electron chi connectivity index (χ4n) is 2.66. The predicted molar refractivity (Wildman–Crippen MR) is 80.6 cm³/mol. The largest absolute Gasteiger partial charge is 0.319 e. The topological polar surface area (TPSA) is 15.3 Å². The highest BCUT2D eigenvalue weighted by Crippen LogP contribution is 2.21. The minimum absolute atomic E-state index is 0. The lowest BCUT2D eigenvalue weighted by atomic mass is 9.96. The van der Waals surface area contributed by atoms with Crippen LogP contribution in [0.15, 0.2) is 24.3 Å². The van der Waals surface area contributed by atoms with Crippen LogP contribution in [0, 0.1) is 5.92 Å². The first-order valence-corrected chi connectivity index (χ1v) is 6.93. The van der Waals surface area contributed by atoms with Crippen LogP contribution in [0.25, 0.3) is 0 Å². The van der Waals surface area contributed by atoms with Gasteiger partial charge in [0.1, 0.15) is 0 Å². The highest BCUT2D eigenvalue weighted by atomic mass is 35.5. The van der Waals surface area contributed by atoms with Gasteiger partial charge in [-0.25, -0.2) is 8.78 Å². The van der Waals surface area contributed by atoms with Crippen molar-refractivity contribution in [1.29, 1.82) is 0 Å². The van der Waals surface area contributed by atoms with Crippen LogP contribution in [0.1, 0.15) is 30.4 Å². The van der Waals surface area contributed by atoms with Crippen molar-refractivity contribution in [2.24, 2.45) is 5.92 Å². The molecule has 1 fully saturated rings. The maximum absolute atomic E-state index is 12.5. The molecule has 1 aliphatic heterocycles. The number of benzene rings is 1. The summed E-state index contributed by atoms with van der Waals surface area (Å²) in [5.74, 6) is 0.780. The third-order valence-electron chi connectivity index (χ3n) is 3.84. The molecule has 1 N–H and O–H groups in total. The number of nitrogens with zero attached hydrogens (tertiary/aromatic N) is 1. The van der Waals surface area contributed by atoms with Gasteiger partial charge in [-0.3, -0.25) is 4.90 Å². The van der Waals surface area contributed by atoms with Crippen molar-refractivity contribution < 1.29 is 8.78 Å². The Morgan fingerprint density at radius 2 is 1.80 bits per heavy atom. The molecule has 2 nitrogen and oxygen atoms in total. The summed E-state index contributed by atoms with van der Waals surface area (Å²) in [4.78, 5) is 2.41. The number of alkyl halides is 2. The lowest BCUT2D eigenvalue weighted by molar-refractivity contribution is 0.151. The quantitative estimate of drug-likeness (QED) is 0.896. The second-order valence-corrected chi connectivity index (χ2v) is 5.32. The van der Waals surface area contributed by atoms with Crippen LogP contribution in [-0.2, 0) is 6.54 Å². The van der Waals surface area contributed by atoms with Crippen LogP contribution in [0.2, 0.25) is 0 Å². The summed E-state index contributed by atoms with van der Waals surface area (Å²) in [5.41, 5.74) is 1.23. The molecule has 1 saturated heterocycles. The first-order valence-electron chi connectivity index (χ1n) is 6.93. The lowest BCUT2D eigenvalue weighted by Gasteiger charge is -2.31. The number of likely N-dealkylation sites (tertiary alicyclic amines) is 1.